The second-order valence-corrected chi connectivity index (χ2v) is 10.3. The minimum absolute atomic E-state index is 0.0336. The topological polar surface area (TPSA) is 87.8 Å². The van der Waals surface area contributed by atoms with Crippen LogP contribution in [0.3, 0.4) is 0 Å². The molecule has 13 heteroatoms. The van der Waals surface area contributed by atoms with Crippen molar-refractivity contribution in [3.05, 3.63) is 47.4 Å². The van der Waals surface area contributed by atoms with Crippen molar-refractivity contribution in [1.29, 1.82) is 5.26 Å². The zero-order chi connectivity index (χ0) is 26.4. The molecule has 6 nitrogen and oxygen atoms in total. The summed E-state index contributed by atoms with van der Waals surface area (Å²) in [5.41, 5.74) is 0.597. The van der Waals surface area contributed by atoms with Gasteiger partial charge in [-0.05, 0) is 56.0 Å². The van der Waals surface area contributed by atoms with Gasteiger partial charge in [0.25, 0.3) is 0 Å². The highest BCUT2D eigenvalue weighted by Gasteiger charge is 2.39. The third kappa shape index (κ3) is 4.79. The van der Waals surface area contributed by atoms with Crippen LogP contribution in [0.25, 0.3) is 22.3 Å². The molecule has 0 spiro atoms. The van der Waals surface area contributed by atoms with Crippen LogP contribution in [0.2, 0.25) is 0 Å². The second-order valence-electron chi connectivity index (χ2n) is 8.61. The number of nitriles is 1. The maximum absolute atomic E-state index is 14.6. The first-order valence-electron chi connectivity index (χ1n) is 10.9. The maximum Gasteiger partial charge on any atom is 0.404 e. The first-order valence-corrected chi connectivity index (χ1v) is 12.4. The number of hydrogen-bond donors (Lipinski definition) is 1. The molecule has 1 aliphatic carbocycles. The van der Waals surface area contributed by atoms with Crippen LogP contribution in [0.15, 0.2) is 35.4 Å². The summed E-state index contributed by atoms with van der Waals surface area (Å²) in [6.45, 7) is 0.664. The fourth-order valence-corrected chi connectivity index (χ4v) is 5.31. The van der Waals surface area contributed by atoms with Gasteiger partial charge in [0.15, 0.2) is 0 Å². The number of hydrogen-bond acceptors (Lipinski definition) is 4. The Morgan fingerprint density at radius 1 is 1.25 bits per heavy atom. The molecule has 3 aromatic rings. The number of benzene rings is 1. The lowest BCUT2D eigenvalue weighted by molar-refractivity contribution is -0.147. The Bertz CT molecular complexity index is 1440. The Labute approximate surface area is 202 Å². The molecule has 2 aromatic heterocycles. The van der Waals surface area contributed by atoms with Gasteiger partial charge in [0, 0.05) is 24.0 Å². The minimum Gasteiger partial charge on any atom is -0.335 e. The molecule has 1 saturated carbocycles. The van der Waals surface area contributed by atoms with Gasteiger partial charge in [-0.1, -0.05) is 0 Å². The number of alkyl halides is 5. The Kier molecular flexibility index (Phi) is 6.78. The standard InChI is InChI=1S/C23H20F6N4O2S/c1-12(23(27,28)29)32-36(34,35)15-5-6-19(31-11-15)22-17(10-30)16-9-18(24)13(8-21(25)26)7-20(16)33(22)14-3-2-4-14/h5-7,9,11-12,14,21,32H,2-4,8H2,1H3. The molecule has 1 fully saturated rings. The maximum atomic E-state index is 14.6. The molecule has 2 heterocycles. The van der Waals surface area contributed by atoms with Crippen molar-refractivity contribution in [2.45, 2.75) is 62.2 Å². The first-order chi connectivity index (χ1) is 16.8. The molecule has 0 bridgehead atoms. The summed E-state index contributed by atoms with van der Waals surface area (Å²) in [6, 6.07) is 4.18. The Hall–Kier alpha value is -3.11. The fraction of sp³-hybridized carbons (Fsp3) is 0.391. The van der Waals surface area contributed by atoms with E-state index in [1.165, 1.54) is 16.9 Å². The third-order valence-electron chi connectivity index (χ3n) is 6.21. The minimum atomic E-state index is -4.79. The molecule has 192 valence electrons. The van der Waals surface area contributed by atoms with Gasteiger partial charge in [-0.3, -0.25) is 4.98 Å². The SMILES string of the molecule is CC(NS(=O)(=O)c1ccc(-c2c(C#N)c3cc(F)c(CC(F)F)cc3n2C2CCC2)nc1)C(F)(F)F. The van der Waals surface area contributed by atoms with Gasteiger partial charge in [0.2, 0.25) is 16.4 Å². The van der Waals surface area contributed by atoms with Crippen LogP contribution >= 0.6 is 0 Å². The van der Waals surface area contributed by atoms with E-state index in [-0.39, 0.29) is 33.9 Å². The normalized spacial score (nSPS) is 15.8. The van der Waals surface area contributed by atoms with Gasteiger partial charge in [-0.25, -0.2) is 21.6 Å². The third-order valence-corrected chi connectivity index (χ3v) is 7.74. The summed E-state index contributed by atoms with van der Waals surface area (Å²) in [4.78, 5) is 3.58. The molecular formula is C23H20F6N4O2S. The molecule has 1 aliphatic rings. The van der Waals surface area contributed by atoms with E-state index in [2.05, 4.69) is 4.98 Å². The Morgan fingerprint density at radius 2 is 1.94 bits per heavy atom. The predicted octanol–water partition coefficient (Wildman–Crippen LogP) is 5.48. The van der Waals surface area contributed by atoms with Gasteiger partial charge >= 0.3 is 6.18 Å². The van der Waals surface area contributed by atoms with Crippen LogP contribution in [0.1, 0.15) is 43.4 Å². The number of halogens is 6. The van der Waals surface area contributed by atoms with Crippen molar-refractivity contribution in [2.24, 2.45) is 0 Å². The van der Waals surface area contributed by atoms with Gasteiger partial charge in [0.05, 0.1) is 22.5 Å². The molecule has 0 saturated heterocycles. The summed E-state index contributed by atoms with van der Waals surface area (Å²) in [5.74, 6) is -0.879. The average molecular weight is 530 g/mol. The Balaban J connectivity index is 1.83. The number of rotatable bonds is 7. The van der Waals surface area contributed by atoms with Crippen LogP contribution in [0.5, 0.6) is 0 Å². The molecule has 36 heavy (non-hydrogen) atoms. The van der Waals surface area contributed by atoms with Crippen LogP contribution < -0.4 is 4.72 Å². The summed E-state index contributed by atoms with van der Waals surface area (Å²) in [7, 11) is -4.55. The number of fused-ring (bicyclic) bond motifs is 1. The summed E-state index contributed by atoms with van der Waals surface area (Å²) >= 11 is 0. The molecule has 1 atom stereocenters. The van der Waals surface area contributed by atoms with Gasteiger partial charge in [0.1, 0.15) is 22.8 Å². The highest BCUT2D eigenvalue weighted by Crippen LogP contribution is 2.43. The summed E-state index contributed by atoms with van der Waals surface area (Å²) in [6.07, 6.45) is -5.18. The van der Waals surface area contributed by atoms with Crippen LogP contribution in [-0.2, 0) is 16.4 Å². The van der Waals surface area contributed by atoms with Crippen LogP contribution in [0.4, 0.5) is 26.3 Å². The van der Waals surface area contributed by atoms with E-state index < -0.39 is 45.8 Å². The van der Waals surface area contributed by atoms with Crippen molar-refractivity contribution >= 4 is 20.9 Å². The lowest BCUT2D eigenvalue weighted by atomic mass is 9.92. The first kappa shape index (κ1) is 26.0. The number of sulfonamides is 1. The van der Waals surface area contributed by atoms with E-state index in [9.17, 15) is 40.0 Å². The van der Waals surface area contributed by atoms with Gasteiger partial charge in [-0.15, -0.1) is 0 Å². The van der Waals surface area contributed by atoms with Crippen LogP contribution in [0, 0.1) is 17.1 Å². The Morgan fingerprint density at radius 3 is 2.44 bits per heavy atom. The van der Waals surface area contributed by atoms with Crippen molar-refractivity contribution in [3.63, 3.8) is 0 Å². The largest absolute Gasteiger partial charge is 0.404 e. The fourth-order valence-electron chi connectivity index (χ4n) is 4.13. The smallest absolute Gasteiger partial charge is 0.335 e. The highest BCUT2D eigenvalue weighted by molar-refractivity contribution is 7.89. The molecule has 0 radical (unpaired) electrons. The number of nitrogens with one attached hydrogen (secondary N) is 1. The zero-order valence-electron chi connectivity index (χ0n) is 18.8. The van der Waals surface area contributed by atoms with E-state index in [1.54, 1.807) is 4.57 Å². The summed E-state index contributed by atoms with van der Waals surface area (Å²) in [5, 5.41) is 10.1. The molecule has 4 rings (SSSR count). The summed E-state index contributed by atoms with van der Waals surface area (Å²) < 4.78 is 107. The van der Waals surface area contributed by atoms with Crippen molar-refractivity contribution in [2.75, 3.05) is 0 Å². The molecule has 1 N–H and O–H groups in total. The van der Waals surface area contributed by atoms with Crippen molar-refractivity contribution in [3.8, 4) is 17.5 Å². The molecule has 1 aromatic carbocycles. The van der Waals surface area contributed by atoms with Crippen molar-refractivity contribution in [1.82, 2.24) is 14.3 Å². The molecule has 0 amide bonds. The van der Waals surface area contributed by atoms with Gasteiger partial charge in [-0.2, -0.15) is 23.2 Å². The van der Waals surface area contributed by atoms with Crippen molar-refractivity contribution < 1.29 is 34.8 Å². The number of aromatic nitrogens is 2. The van der Waals surface area contributed by atoms with Crippen LogP contribution in [-0.4, -0.2) is 36.6 Å². The number of nitrogens with zero attached hydrogens (tertiary/aromatic N) is 3. The lowest BCUT2D eigenvalue weighted by Gasteiger charge is -2.30. The quantitative estimate of drug-likeness (QED) is 0.410. The van der Waals surface area contributed by atoms with E-state index in [0.29, 0.717) is 12.4 Å². The monoisotopic (exact) mass is 530 g/mol. The second kappa shape index (κ2) is 9.40. The van der Waals surface area contributed by atoms with Gasteiger partial charge < -0.3 is 4.57 Å². The zero-order valence-corrected chi connectivity index (χ0v) is 19.6. The average Bonchev–Trinajstić information content (AvgIpc) is 3.04. The van der Waals surface area contributed by atoms with E-state index >= 15 is 0 Å². The predicted molar refractivity (Wildman–Crippen MR) is 118 cm³/mol. The molecular weight excluding hydrogens is 510 g/mol. The lowest BCUT2D eigenvalue weighted by Crippen LogP contribution is -2.42. The number of pyridine rings is 1. The highest BCUT2D eigenvalue weighted by atomic mass is 32.2. The molecule has 1 unspecified atom stereocenters. The van der Waals surface area contributed by atoms with E-state index in [0.717, 1.165) is 37.6 Å². The molecule has 0 aliphatic heterocycles. The van der Waals surface area contributed by atoms with E-state index in [4.69, 9.17) is 0 Å². The van der Waals surface area contributed by atoms with E-state index in [1.807, 2.05) is 6.07 Å².